The third-order valence-electron chi connectivity index (χ3n) is 3.66. The Labute approximate surface area is 111 Å². The summed E-state index contributed by atoms with van der Waals surface area (Å²) in [4.78, 5) is 11.6. The molecule has 0 aliphatic heterocycles. The van der Waals surface area contributed by atoms with Crippen LogP contribution in [0, 0.1) is 0 Å². The fourth-order valence-corrected chi connectivity index (χ4v) is 2.53. The first-order chi connectivity index (χ1) is 8.65. The number of carbonyl (C=O) groups excluding carboxylic acids is 1. The topological polar surface area (TPSA) is 50.4 Å². The minimum atomic E-state index is 0.0201. The van der Waals surface area contributed by atoms with Crippen molar-refractivity contribution in [2.45, 2.75) is 70.6 Å². The smallest absolute Gasteiger partial charge is 0.246 e. The fraction of sp³-hybridized carbons (Fsp3) is 0.929. The Morgan fingerprint density at radius 2 is 2.00 bits per heavy atom. The van der Waals surface area contributed by atoms with Gasteiger partial charge in [-0.05, 0) is 46.1 Å². The van der Waals surface area contributed by atoms with Crippen molar-refractivity contribution in [1.82, 2.24) is 10.6 Å². The zero-order valence-electron chi connectivity index (χ0n) is 12.0. The molecule has 4 nitrogen and oxygen atoms in total. The first-order valence-electron chi connectivity index (χ1n) is 7.24. The molecule has 0 heterocycles. The standard InChI is InChI=1S/C14H28N2O2/c1-4-5-11(2)16-14(17)10-18-13-8-6-12(15-3)7-9-13/h11-13,15H,4-10H2,1-3H3,(H,16,17). The number of amides is 1. The van der Waals surface area contributed by atoms with Gasteiger partial charge in [-0.3, -0.25) is 4.79 Å². The first-order valence-corrected chi connectivity index (χ1v) is 7.24. The quantitative estimate of drug-likeness (QED) is 0.731. The lowest BCUT2D eigenvalue weighted by Gasteiger charge is -2.28. The van der Waals surface area contributed by atoms with Crippen LogP contribution in [0.25, 0.3) is 0 Å². The third-order valence-corrected chi connectivity index (χ3v) is 3.66. The van der Waals surface area contributed by atoms with Gasteiger partial charge in [0.2, 0.25) is 5.91 Å². The number of hydrogen-bond acceptors (Lipinski definition) is 3. The second-order valence-electron chi connectivity index (χ2n) is 5.33. The van der Waals surface area contributed by atoms with Gasteiger partial charge in [0.1, 0.15) is 6.61 Å². The minimum Gasteiger partial charge on any atom is -0.368 e. The van der Waals surface area contributed by atoms with Gasteiger partial charge in [0, 0.05) is 12.1 Å². The van der Waals surface area contributed by atoms with Gasteiger partial charge in [0.15, 0.2) is 0 Å². The lowest BCUT2D eigenvalue weighted by molar-refractivity contribution is -0.129. The highest BCUT2D eigenvalue weighted by molar-refractivity contribution is 5.77. The van der Waals surface area contributed by atoms with E-state index >= 15 is 0 Å². The van der Waals surface area contributed by atoms with Crippen LogP contribution in [0.1, 0.15) is 52.4 Å². The highest BCUT2D eigenvalue weighted by Crippen LogP contribution is 2.20. The Morgan fingerprint density at radius 1 is 1.33 bits per heavy atom. The summed E-state index contributed by atoms with van der Waals surface area (Å²) < 4.78 is 5.68. The summed E-state index contributed by atoms with van der Waals surface area (Å²) in [6, 6.07) is 0.884. The molecule has 1 amide bonds. The highest BCUT2D eigenvalue weighted by atomic mass is 16.5. The molecule has 2 N–H and O–H groups in total. The lowest BCUT2D eigenvalue weighted by Crippen LogP contribution is -2.38. The first kappa shape index (κ1) is 15.4. The van der Waals surface area contributed by atoms with E-state index in [0.29, 0.717) is 6.04 Å². The number of hydrogen-bond donors (Lipinski definition) is 2. The zero-order valence-corrected chi connectivity index (χ0v) is 12.0. The summed E-state index contributed by atoms with van der Waals surface area (Å²) in [5.41, 5.74) is 0. The monoisotopic (exact) mass is 256 g/mol. The Kier molecular flexibility index (Phi) is 7.28. The average molecular weight is 256 g/mol. The van der Waals surface area contributed by atoms with Crippen LogP contribution in [-0.4, -0.2) is 37.7 Å². The molecule has 1 atom stereocenters. The van der Waals surface area contributed by atoms with Crippen LogP contribution in [0.4, 0.5) is 0 Å². The summed E-state index contributed by atoms with van der Waals surface area (Å²) >= 11 is 0. The summed E-state index contributed by atoms with van der Waals surface area (Å²) in [5, 5.41) is 6.26. The molecule has 0 aromatic carbocycles. The zero-order chi connectivity index (χ0) is 13.4. The van der Waals surface area contributed by atoms with E-state index in [-0.39, 0.29) is 24.7 Å². The second-order valence-corrected chi connectivity index (χ2v) is 5.33. The molecule has 0 radical (unpaired) electrons. The Morgan fingerprint density at radius 3 is 2.56 bits per heavy atom. The molecule has 1 unspecified atom stereocenters. The maximum atomic E-state index is 11.6. The summed E-state index contributed by atoms with van der Waals surface area (Å²) in [5.74, 6) is 0.0201. The van der Waals surface area contributed by atoms with Gasteiger partial charge in [-0.25, -0.2) is 0 Å². The average Bonchev–Trinajstić information content (AvgIpc) is 2.37. The molecule has 1 fully saturated rings. The van der Waals surface area contributed by atoms with Crippen LogP contribution >= 0.6 is 0 Å². The number of rotatable bonds is 7. The molecular weight excluding hydrogens is 228 g/mol. The minimum absolute atomic E-state index is 0.0201. The highest BCUT2D eigenvalue weighted by Gasteiger charge is 2.21. The van der Waals surface area contributed by atoms with Crippen LogP contribution in [0.15, 0.2) is 0 Å². The molecule has 18 heavy (non-hydrogen) atoms. The normalized spacial score (nSPS) is 25.7. The van der Waals surface area contributed by atoms with E-state index in [0.717, 1.165) is 38.5 Å². The second kappa shape index (κ2) is 8.48. The lowest BCUT2D eigenvalue weighted by atomic mass is 9.93. The number of ether oxygens (including phenoxy) is 1. The SMILES string of the molecule is CCCC(C)NC(=O)COC1CCC(NC)CC1. The predicted molar refractivity (Wildman–Crippen MR) is 73.6 cm³/mol. The molecule has 0 aromatic heterocycles. The summed E-state index contributed by atoms with van der Waals surface area (Å²) in [6.07, 6.45) is 6.80. The molecule has 0 saturated heterocycles. The van der Waals surface area contributed by atoms with Crippen LogP contribution in [0.3, 0.4) is 0 Å². The molecule has 106 valence electrons. The van der Waals surface area contributed by atoms with E-state index in [1.165, 1.54) is 0 Å². The van der Waals surface area contributed by atoms with E-state index in [9.17, 15) is 4.79 Å². The van der Waals surface area contributed by atoms with Gasteiger partial charge >= 0.3 is 0 Å². The largest absolute Gasteiger partial charge is 0.368 e. The van der Waals surface area contributed by atoms with Gasteiger partial charge in [0.05, 0.1) is 6.10 Å². The third kappa shape index (κ3) is 5.83. The van der Waals surface area contributed by atoms with E-state index in [1.54, 1.807) is 0 Å². The van der Waals surface area contributed by atoms with Crippen molar-refractivity contribution < 1.29 is 9.53 Å². The molecular formula is C14H28N2O2. The Hall–Kier alpha value is -0.610. The Bertz CT molecular complexity index is 238. The van der Waals surface area contributed by atoms with Crippen molar-refractivity contribution in [1.29, 1.82) is 0 Å². The van der Waals surface area contributed by atoms with Crippen LogP contribution in [0.2, 0.25) is 0 Å². The molecule has 4 heteroatoms. The molecule has 0 spiro atoms. The molecule has 1 aliphatic carbocycles. The van der Waals surface area contributed by atoms with E-state index in [4.69, 9.17) is 4.74 Å². The van der Waals surface area contributed by atoms with Crippen molar-refractivity contribution in [3.05, 3.63) is 0 Å². The molecule has 0 aromatic rings. The molecule has 1 saturated carbocycles. The van der Waals surface area contributed by atoms with Crippen molar-refractivity contribution in [2.24, 2.45) is 0 Å². The number of nitrogens with one attached hydrogen (secondary N) is 2. The van der Waals surface area contributed by atoms with Crippen LogP contribution in [0.5, 0.6) is 0 Å². The van der Waals surface area contributed by atoms with Crippen molar-refractivity contribution in [3.8, 4) is 0 Å². The van der Waals surface area contributed by atoms with E-state index in [2.05, 4.69) is 17.6 Å². The van der Waals surface area contributed by atoms with E-state index < -0.39 is 0 Å². The molecule has 0 bridgehead atoms. The van der Waals surface area contributed by atoms with E-state index in [1.807, 2.05) is 14.0 Å². The van der Waals surface area contributed by atoms with Crippen LogP contribution in [-0.2, 0) is 9.53 Å². The predicted octanol–water partition coefficient (Wildman–Crippen LogP) is 1.84. The van der Waals surface area contributed by atoms with Crippen LogP contribution < -0.4 is 10.6 Å². The fourth-order valence-electron chi connectivity index (χ4n) is 2.53. The van der Waals surface area contributed by atoms with Crippen molar-refractivity contribution in [2.75, 3.05) is 13.7 Å². The maximum absolute atomic E-state index is 11.6. The Balaban J connectivity index is 2.11. The van der Waals surface area contributed by atoms with Gasteiger partial charge < -0.3 is 15.4 Å². The van der Waals surface area contributed by atoms with Gasteiger partial charge in [-0.15, -0.1) is 0 Å². The van der Waals surface area contributed by atoms with Crippen molar-refractivity contribution >= 4 is 5.91 Å². The van der Waals surface area contributed by atoms with Crippen molar-refractivity contribution in [3.63, 3.8) is 0 Å². The maximum Gasteiger partial charge on any atom is 0.246 e. The van der Waals surface area contributed by atoms with Gasteiger partial charge in [-0.1, -0.05) is 13.3 Å². The molecule has 1 aliphatic rings. The van der Waals surface area contributed by atoms with Gasteiger partial charge in [0.25, 0.3) is 0 Å². The summed E-state index contributed by atoms with van der Waals surface area (Å²) in [7, 11) is 2.01. The van der Waals surface area contributed by atoms with Gasteiger partial charge in [-0.2, -0.15) is 0 Å². The number of carbonyl (C=O) groups is 1. The summed E-state index contributed by atoms with van der Waals surface area (Å²) in [6.45, 7) is 4.38. The molecule has 1 rings (SSSR count).